The van der Waals surface area contributed by atoms with E-state index in [1.807, 2.05) is 19.9 Å². The normalized spacial score (nSPS) is 22.8. The summed E-state index contributed by atoms with van der Waals surface area (Å²) in [7, 11) is 1.59. The molecular weight excluding hydrogens is 372 g/mol. The van der Waals surface area contributed by atoms with E-state index in [9.17, 15) is 14.4 Å². The second kappa shape index (κ2) is 8.41. The minimum absolute atomic E-state index is 0.193. The average Bonchev–Trinajstić information content (AvgIpc) is 2.98. The van der Waals surface area contributed by atoms with Crippen LogP contribution in [0.1, 0.15) is 31.4 Å². The number of hydrogen-bond donors (Lipinski definition) is 1. The Morgan fingerprint density at radius 3 is 2.41 bits per heavy atom. The first-order chi connectivity index (χ1) is 13.9. The van der Waals surface area contributed by atoms with Gasteiger partial charge in [-0.2, -0.15) is 0 Å². The lowest BCUT2D eigenvalue weighted by Gasteiger charge is -2.34. The van der Waals surface area contributed by atoms with Crippen LogP contribution < -0.4 is 10.1 Å². The third-order valence-electron chi connectivity index (χ3n) is 6.06. The molecule has 2 saturated heterocycles. The van der Waals surface area contributed by atoms with Gasteiger partial charge in [-0.25, -0.2) is 4.79 Å². The van der Waals surface area contributed by atoms with Gasteiger partial charge in [-0.15, -0.1) is 0 Å². The molecule has 158 valence electrons. The first-order valence-corrected chi connectivity index (χ1v) is 10.2. The fourth-order valence-corrected chi connectivity index (χ4v) is 4.10. The minimum atomic E-state index is -1.16. The van der Waals surface area contributed by atoms with Gasteiger partial charge >= 0.3 is 6.03 Å². The van der Waals surface area contributed by atoms with E-state index in [4.69, 9.17) is 4.74 Å². The summed E-state index contributed by atoms with van der Waals surface area (Å²) in [5, 5.41) is 2.84. The number of methoxy groups -OCH3 is 1. The number of ether oxygens (including phenoxy) is 1. The van der Waals surface area contributed by atoms with Crippen LogP contribution in [0.15, 0.2) is 18.2 Å². The Kier molecular flexibility index (Phi) is 6.12. The lowest BCUT2D eigenvalue weighted by Crippen LogP contribution is -2.52. The van der Waals surface area contributed by atoms with Gasteiger partial charge in [0.2, 0.25) is 5.91 Å². The molecule has 0 aliphatic carbocycles. The van der Waals surface area contributed by atoms with Gasteiger partial charge in [0.05, 0.1) is 7.11 Å². The average molecular weight is 402 g/mol. The largest absolute Gasteiger partial charge is 0.496 e. The number of urea groups is 1. The van der Waals surface area contributed by atoms with Crippen molar-refractivity contribution in [2.24, 2.45) is 0 Å². The van der Waals surface area contributed by atoms with Crippen molar-refractivity contribution in [3.63, 3.8) is 0 Å². The number of benzene rings is 1. The summed E-state index contributed by atoms with van der Waals surface area (Å²) in [6.45, 7) is 9.43. The van der Waals surface area contributed by atoms with Crippen molar-refractivity contribution in [2.45, 2.75) is 32.7 Å². The standard InChI is InChI=1S/C21H30N4O4/c1-5-21(16-7-8-17(29-4)15(3)13-16)19(27)25(20(28)22-21)14-18(26)24-11-9-23(6-2)10-12-24/h7-8,13H,5-6,9-12,14H2,1-4H3,(H,22,28). The van der Waals surface area contributed by atoms with Crippen molar-refractivity contribution in [2.75, 3.05) is 46.4 Å². The summed E-state index contributed by atoms with van der Waals surface area (Å²) in [5.41, 5.74) is 0.418. The topological polar surface area (TPSA) is 82.2 Å². The fourth-order valence-electron chi connectivity index (χ4n) is 4.10. The van der Waals surface area contributed by atoms with E-state index in [1.165, 1.54) is 0 Å². The smallest absolute Gasteiger partial charge is 0.325 e. The van der Waals surface area contributed by atoms with E-state index >= 15 is 0 Å². The van der Waals surface area contributed by atoms with Crippen LogP contribution in [0.25, 0.3) is 0 Å². The number of carbonyl (C=O) groups is 3. The zero-order valence-corrected chi connectivity index (χ0v) is 17.7. The quantitative estimate of drug-likeness (QED) is 0.726. The Labute approximate surface area is 171 Å². The molecule has 4 amide bonds. The molecule has 8 nitrogen and oxygen atoms in total. The summed E-state index contributed by atoms with van der Waals surface area (Å²) < 4.78 is 5.30. The molecule has 1 atom stereocenters. The van der Waals surface area contributed by atoms with Gasteiger partial charge in [-0.1, -0.05) is 19.9 Å². The highest BCUT2D eigenvalue weighted by Gasteiger charge is 2.52. The van der Waals surface area contributed by atoms with E-state index in [1.54, 1.807) is 24.1 Å². The fraction of sp³-hybridized carbons (Fsp3) is 0.571. The SMILES string of the molecule is CCN1CCN(C(=O)CN2C(=O)NC(CC)(c3ccc(OC)c(C)c3)C2=O)CC1. The maximum absolute atomic E-state index is 13.3. The van der Waals surface area contributed by atoms with Crippen LogP contribution in [0, 0.1) is 6.92 Å². The van der Waals surface area contributed by atoms with Crippen molar-refractivity contribution in [1.29, 1.82) is 0 Å². The predicted molar refractivity (Wildman–Crippen MR) is 109 cm³/mol. The van der Waals surface area contributed by atoms with Crippen molar-refractivity contribution in [1.82, 2.24) is 20.0 Å². The molecule has 0 saturated carbocycles. The number of aryl methyl sites for hydroxylation is 1. The van der Waals surface area contributed by atoms with E-state index in [-0.39, 0.29) is 18.4 Å². The highest BCUT2D eigenvalue weighted by Crippen LogP contribution is 2.34. The van der Waals surface area contributed by atoms with Crippen molar-refractivity contribution in [3.05, 3.63) is 29.3 Å². The highest BCUT2D eigenvalue weighted by atomic mass is 16.5. The van der Waals surface area contributed by atoms with Crippen LogP contribution >= 0.6 is 0 Å². The molecule has 1 aromatic carbocycles. The molecule has 3 rings (SSSR count). The zero-order valence-electron chi connectivity index (χ0n) is 17.7. The van der Waals surface area contributed by atoms with Gasteiger partial charge in [-0.3, -0.25) is 14.5 Å². The van der Waals surface area contributed by atoms with Gasteiger partial charge in [0.25, 0.3) is 5.91 Å². The zero-order chi connectivity index (χ0) is 21.2. The molecule has 2 aliphatic rings. The lowest BCUT2D eigenvalue weighted by molar-refractivity contribution is -0.140. The summed E-state index contributed by atoms with van der Waals surface area (Å²) in [6, 6.07) is 4.92. The Morgan fingerprint density at radius 1 is 1.17 bits per heavy atom. The minimum Gasteiger partial charge on any atom is -0.496 e. The molecule has 1 unspecified atom stereocenters. The third kappa shape index (κ3) is 3.81. The molecule has 2 heterocycles. The number of rotatable bonds is 6. The number of nitrogens with one attached hydrogen (secondary N) is 1. The highest BCUT2D eigenvalue weighted by molar-refractivity contribution is 6.09. The van der Waals surface area contributed by atoms with Gasteiger partial charge in [-0.05, 0) is 43.1 Å². The predicted octanol–water partition coefficient (Wildman–Crippen LogP) is 1.32. The van der Waals surface area contributed by atoms with Gasteiger partial charge in [0, 0.05) is 26.2 Å². The van der Waals surface area contributed by atoms with Gasteiger partial charge in [0.15, 0.2) is 0 Å². The first kappa shape index (κ1) is 21.1. The Morgan fingerprint density at radius 2 is 1.86 bits per heavy atom. The molecule has 2 fully saturated rings. The van der Waals surface area contributed by atoms with Crippen LogP contribution in [0.3, 0.4) is 0 Å². The van der Waals surface area contributed by atoms with E-state index < -0.39 is 11.6 Å². The number of likely N-dealkylation sites (N-methyl/N-ethyl adjacent to an activating group) is 1. The Balaban J connectivity index is 1.77. The van der Waals surface area contributed by atoms with E-state index in [2.05, 4.69) is 17.1 Å². The third-order valence-corrected chi connectivity index (χ3v) is 6.06. The number of carbonyl (C=O) groups excluding carboxylic acids is 3. The van der Waals surface area contributed by atoms with Crippen LogP contribution in [0.5, 0.6) is 5.75 Å². The van der Waals surface area contributed by atoms with Crippen molar-refractivity contribution in [3.8, 4) is 5.75 Å². The Bertz CT molecular complexity index is 804. The molecule has 0 spiro atoms. The summed E-state index contributed by atoms with van der Waals surface area (Å²) in [5.74, 6) is 0.146. The van der Waals surface area contributed by atoms with E-state index in [0.717, 1.165) is 35.8 Å². The van der Waals surface area contributed by atoms with Crippen LogP contribution in [0.2, 0.25) is 0 Å². The second-order valence-electron chi connectivity index (χ2n) is 7.58. The number of hydrogen-bond acceptors (Lipinski definition) is 5. The lowest BCUT2D eigenvalue weighted by atomic mass is 9.86. The molecule has 1 N–H and O–H groups in total. The van der Waals surface area contributed by atoms with E-state index in [0.29, 0.717) is 25.1 Å². The van der Waals surface area contributed by atoms with Gasteiger partial charge < -0.3 is 19.9 Å². The van der Waals surface area contributed by atoms with Crippen LogP contribution in [-0.2, 0) is 15.1 Å². The van der Waals surface area contributed by atoms with Crippen LogP contribution in [-0.4, -0.2) is 78.9 Å². The number of imide groups is 1. The monoisotopic (exact) mass is 402 g/mol. The van der Waals surface area contributed by atoms with Gasteiger partial charge in [0.1, 0.15) is 17.8 Å². The summed E-state index contributed by atoms with van der Waals surface area (Å²) in [4.78, 5) is 43.7. The summed E-state index contributed by atoms with van der Waals surface area (Å²) >= 11 is 0. The molecule has 0 aromatic heterocycles. The number of nitrogens with zero attached hydrogens (tertiary/aromatic N) is 3. The molecular formula is C21H30N4O4. The molecule has 0 radical (unpaired) electrons. The molecule has 2 aliphatic heterocycles. The van der Waals surface area contributed by atoms with Crippen molar-refractivity contribution >= 4 is 17.8 Å². The maximum atomic E-state index is 13.3. The van der Waals surface area contributed by atoms with Crippen LogP contribution in [0.4, 0.5) is 4.79 Å². The number of piperazine rings is 1. The van der Waals surface area contributed by atoms with Crippen molar-refractivity contribution < 1.29 is 19.1 Å². The Hall–Kier alpha value is -2.61. The number of amides is 4. The maximum Gasteiger partial charge on any atom is 0.325 e. The molecule has 1 aromatic rings. The summed E-state index contributed by atoms with van der Waals surface area (Å²) in [6.07, 6.45) is 0.392. The molecule has 29 heavy (non-hydrogen) atoms. The second-order valence-corrected chi connectivity index (χ2v) is 7.58. The molecule has 8 heteroatoms. The molecule has 0 bridgehead atoms. The first-order valence-electron chi connectivity index (χ1n) is 10.2.